The first-order chi connectivity index (χ1) is 39.4. The molecule has 8 rings (SSSR count). The molecule has 81 heavy (non-hydrogen) atoms. The quantitative estimate of drug-likeness (QED) is 0.0262. The second-order valence-electron chi connectivity index (χ2n) is 19.7. The molecule has 0 aliphatic rings. The van der Waals surface area contributed by atoms with Gasteiger partial charge in [-0.3, -0.25) is 21.3 Å². The summed E-state index contributed by atoms with van der Waals surface area (Å²) in [5.41, 5.74) is 5.49. The van der Waals surface area contributed by atoms with Gasteiger partial charge in [-0.25, -0.2) is 59.0 Å². The van der Waals surface area contributed by atoms with E-state index in [-0.39, 0.29) is 26.4 Å². The van der Waals surface area contributed by atoms with Crippen LogP contribution in [0.4, 0.5) is 42.4 Å². The van der Waals surface area contributed by atoms with Crippen molar-refractivity contribution in [1.82, 2.24) is 49.7 Å². The highest BCUT2D eigenvalue weighted by atomic mass is 16.6. The van der Waals surface area contributed by atoms with Crippen LogP contribution < -0.4 is 21.3 Å². The Labute approximate surface area is 470 Å². The number of anilines is 4. The van der Waals surface area contributed by atoms with Gasteiger partial charge in [0.2, 0.25) is 0 Å². The zero-order valence-corrected chi connectivity index (χ0v) is 46.4. The fraction of sp³-hybridized carbons (Fsp3) is 0.390. The Bertz CT molecular complexity index is 2990. The van der Waals surface area contributed by atoms with E-state index in [2.05, 4.69) is 70.9 Å². The largest absolute Gasteiger partial charge is 0.449 e. The summed E-state index contributed by atoms with van der Waals surface area (Å²) in [7, 11) is 0. The van der Waals surface area contributed by atoms with Crippen LogP contribution in [0.5, 0.6) is 0 Å². The maximum absolute atomic E-state index is 12.7. The maximum Gasteiger partial charge on any atom is 0.412 e. The summed E-state index contributed by atoms with van der Waals surface area (Å²) in [5, 5.41) is 14.3. The van der Waals surface area contributed by atoms with E-state index in [1.165, 1.54) is 0 Å². The molecule has 0 saturated heterocycles. The molecule has 0 spiro atoms. The summed E-state index contributed by atoms with van der Waals surface area (Å²) in [6.45, 7) is 12.7. The van der Waals surface area contributed by atoms with E-state index < -0.39 is 24.4 Å². The summed E-state index contributed by atoms with van der Waals surface area (Å²) in [4.78, 5) is 91.1. The Kier molecular flexibility index (Phi) is 21.6. The highest BCUT2D eigenvalue weighted by Crippen LogP contribution is 2.19. The Balaban J connectivity index is 0.774. The molecule has 8 aromatic heterocycles. The molecule has 22 heteroatoms. The molecular weight excluding hydrogens is 1030 g/mol. The molecule has 4 amide bonds. The monoisotopic (exact) mass is 1100 g/mol. The minimum absolute atomic E-state index is 0.204. The number of nitrogens with zero attached hydrogens (tertiary/aromatic N) is 10. The number of ether oxygens (including phenoxy) is 4. The predicted octanol–water partition coefficient (Wildman–Crippen LogP) is 11.1. The van der Waals surface area contributed by atoms with E-state index in [1.54, 1.807) is 24.3 Å². The highest BCUT2D eigenvalue weighted by Gasteiger charge is 2.14. The van der Waals surface area contributed by atoms with Gasteiger partial charge in [-0.2, -0.15) is 0 Å². The molecule has 424 valence electrons. The van der Waals surface area contributed by atoms with Crippen molar-refractivity contribution in [1.29, 1.82) is 0 Å². The van der Waals surface area contributed by atoms with E-state index in [0.29, 0.717) is 97.7 Å². The normalized spacial score (nSPS) is 11.3. The lowest BCUT2D eigenvalue weighted by Crippen LogP contribution is -2.30. The minimum Gasteiger partial charge on any atom is -0.449 e. The molecule has 0 aromatic carbocycles. The molecule has 0 saturated carbocycles. The maximum atomic E-state index is 12.7. The number of aryl methyl sites for hydroxylation is 4. The average Bonchev–Trinajstić information content (AvgIpc) is 3.45. The number of carbonyl (C=O) groups is 4. The first kappa shape index (κ1) is 58.4. The molecule has 0 radical (unpaired) electrons. The fourth-order valence-corrected chi connectivity index (χ4v) is 8.90. The van der Waals surface area contributed by atoms with E-state index >= 15 is 0 Å². The van der Waals surface area contributed by atoms with Crippen molar-refractivity contribution in [3.8, 4) is 0 Å². The van der Waals surface area contributed by atoms with Gasteiger partial charge < -0.3 is 28.7 Å². The van der Waals surface area contributed by atoms with E-state index in [4.69, 9.17) is 18.9 Å². The molecule has 0 fully saturated rings. The first-order valence-electron chi connectivity index (χ1n) is 27.5. The van der Waals surface area contributed by atoms with Gasteiger partial charge in [0.25, 0.3) is 0 Å². The van der Waals surface area contributed by atoms with Crippen LogP contribution in [0.15, 0.2) is 97.1 Å². The van der Waals surface area contributed by atoms with Crippen molar-refractivity contribution in [2.75, 3.05) is 87.0 Å². The topological polar surface area (TPSA) is 263 Å². The average molecular weight is 1100 g/mol. The predicted molar refractivity (Wildman–Crippen MR) is 311 cm³/mol. The number of fused-ring (bicyclic) bond motifs is 4. The van der Waals surface area contributed by atoms with Crippen LogP contribution in [-0.2, 0) is 18.9 Å². The summed E-state index contributed by atoms with van der Waals surface area (Å²) < 4.78 is 22.1. The van der Waals surface area contributed by atoms with Crippen LogP contribution in [0, 0.1) is 27.7 Å². The van der Waals surface area contributed by atoms with Gasteiger partial charge in [0, 0.05) is 70.5 Å². The van der Waals surface area contributed by atoms with Crippen molar-refractivity contribution in [3.05, 3.63) is 120 Å². The molecule has 0 atom stereocenters. The highest BCUT2D eigenvalue weighted by molar-refractivity contribution is 5.88. The Hall–Kier alpha value is -8.76. The second-order valence-corrected chi connectivity index (χ2v) is 19.7. The molecule has 0 aliphatic carbocycles. The van der Waals surface area contributed by atoms with Crippen molar-refractivity contribution in [2.24, 2.45) is 0 Å². The van der Waals surface area contributed by atoms with Gasteiger partial charge in [-0.05, 0) is 176 Å². The van der Waals surface area contributed by atoms with E-state index in [9.17, 15) is 19.2 Å². The van der Waals surface area contributed by atoms with Gasteiger partial charge >= 0.3 is 24.4 Å². The van der Waals surface area contributed by atoms with Crippen molar-refractivity contribution < 1.29 is 38.1 Å². The lowest BCUT2D eigenvalue weighted by atomic mass is 10.1. The van der Waals surface area contributed by atoms with E-state index in [1.807, 2.05) is 100 Å². The lowest BCUT2D eigenvalue weighted by molar-refractivity contribution is 0.142. The van der Waals surface area contributed by atoms with Gasteiger partial charge in [0.05, 0.1) is 26.4 Å². The third-order valence-electron chi connectivity index (χ3n) is 13.0. The Morgan fingerprint density at radius 3 is 0.790 bits per heavy atom. The fourth-order valence-electron chi connectivity index (χ4n) is 8.90. The van der Waals surface area contributed by atoms with Crippen LogP contribution in [0.2, 0.25) is 0 Å². The van der Waals surface area contributed by atoms with Crippen LogP contribution in [0.1, 0.15) is 80.6 Å². The molecule has 8 aromatic rings. The number of amides is 4. The number of nitrogens with one attached hydrogen (secondary N) is 4. The second kappa shape index (κ2) is 30.0. The minimum atomic E-state index is -0.593. The molecule has 4 N–H and O–H groups in total. The van der Waals surface area contributed by atoms with Crippen molar-refractivity contribution >= 4 is 91.8 Å². The van der Waals surface area contributed by atoms with Gasteiger partial charge in [0.1, 0.15) is 23.3 Å². The number of rotatable bonds is 28. The van der Waals surface area contributed by atoms with Crippen LogP contribution >= 0.6 is 0 Å². The first-order valence-corrected chi connectivity index (χ1v) is 27.5. The number of hydrogen-bond acceptors (Lipinski definition) is 18. The summed E-state index contributed by atoms with van der Waals surface area (Å²) in [5.74, 6) is 1.44. The summed E-state index contributed by atoms with van der Waals surface area (Å²) in [6, 6.07) is 29.7. The summed E-state index contributed by atoms with van der Waals surface area (Å²) in [6.07, 6.45) is 4.95. The van der Waals surface area contributed by atoms with Crippen LogP contribution in [0.3, 0.4) is 0 Å². The zero-order chi connectivity index (χ0) is 56.8. The zero-order valence-electron chi connectivity index (χ0n) is 46.4. The van der Waals surface area contributed by atoms with Gasteiger partial charge in [-0.15, -0.1) is 0 Å². The molecular formula is C59H70N14O8. The van der Waals surface area contributed by atoms with Crippen molar-refractivity contribution in [2.45, 2.75) is 85.5 Å². The number of unbranched alkanes of at least 4 members (excludes halogenated alkanes) is 4. The van der Waals surface area contributed by atoms with Crippen molar-refractivity contribution in [3.63, 3.8) is 0 Å². The Morgan fingerprint density at radius 2 is 0.531 bits per heavy atom. The molecule has 0 aliphatic heterocycles. The standard InChI is InChI=1S/C59H70N14O8/c1-40-14-18-44-22-26-48(64-52(44)60-40)68-56(74)78-36-10-32-72(33-11-37-79-57(75)69-49-27-23-45-19-15-41(2)61-53(45)65-49)30-8-6-5-7-9-31-73(34-12-38-80-58(76)70-50-28-24-46-20-16-42(3)62-54(46)66-50)35-13-39-81-59(77)71-51-29-25-47-21-17-43(4)63-55(47)67-51/h14-29H,5-13,30-39H2,1-4H3,(H,60,64,68,74)(H,61,65,69,75)(H,62,66,70,76)(H,63,67,71,77). The number of carbonyl (C=O) groups excluding carboxylic acids is 4. The van der Waals surface area contributed by atoms with Gasteiger partial charge in [-0.1, -0.05) is 19.3 Å². The van der Waals surface area contributed by atoms with Gasteiger partial charge in [0.15, 0.2) is 22.6 Å². The summed E-state index contributed by atoms with van der Waals surface area (Å²) >= 11 is 0. The SMILES string of the molecule is Cc1ccc2ccc(NC(=O)OCCCN(CCCCCCCN(CCCOC(=O)Nc3ccc4ccc(C)nc4n3)CCCOC(=O)Nc3ccc4ccc(C)nc4n3)CCCOC(=O)Nc3ccc4ccc(C)nc4n3)nc2n1. The Morgan fingerprint density at radius 1 is 0.309 bits per heavy atom. The van der Waals surface area contributed by atoms with Crippen LogP contribution in [-0.4, -0.2) is 140 Å². The molecule has 8 heterocycles. The smallest absolute Gasteiger partial charge is 0.412 e. The van der Waals surface area contributed by atoms with E-state index in [0.717, 1.165) is 89.5 Å². The lowest BCUT2D eigenvalue weighted by Gasteiger charge is -2.23. The van der Waals surface area contributed by atoms with Crippen LogP contribution in [0.25, 0.3) is 44.1 Å². The number of hydrogen-bond donors (Lipinski definition) is 4. The molecule has 0 bridgehead atoms. The third-order valence-corrected chi connectivity index (χ3v) is 13.0. The number of pyridine rings is 8. The number of aromatic nitrogens is 8. The molecule has 0 unspecified atom stereocenters. The molecule has 22 nitrogen and oxygen atoms in total. The third kappa shape index (κ3) is 19.2.